The van der Waals surface area contributed by atoms with Crippen LogP contribution in [0.25, 0.3) is 10.8 Å². The van der Waals surface area contributed by atoms with Gasteiger partial charge in [0.25, 0.3) is 0 Å². The minimum Gasteiger partial charge on any atom is -0.444 e. The van der Waals surface area contributed by atoms with Gasteiger partial charge in [0.1, 0.15) is 6.26 Å². The maximum atomic E-state index is 5.49. The van der Waals surface area contributed by atoms with Gasteiger partial charge in [-0.25, -0.2) is 4.98 Å². The first-order valence-electron chi connectivity index (χ1n) is 5.96. The Morgan fingerprint density at radius 1 is 1.47 bits per heavy atom. The van der Waals surface area contributed by atoms with Gasteiger partial charge in [-0.3, -0.25) is 0 Å². The number of hydrogen-bond donors (Lipinski definition) is 0. The zero-order chi connectivity index (χ0) is 12.1. The number of aromatic nitrogens is 1. The molecule has 0 atom stereocenters. The molecule has 0 radical (unpaired) electrons. The Kier molecular flexibility index (Phi) is 4.34. The minimum absolute atomic E-state index is 0.735. The SMILES string of the molecule is CCCCN(C)Cc1coc(-c2cccs2)n1. The number of unbranched alkanes of at least 4 members (excludes halogenated alkanes) is 1. The molecule has 0 fully saturated rings. The first-order valence-corrected chi connectivity index (χ1v) is 6.84. The van der Waals surface area contributed by atoms with Crippen molar-refractivity contribution < 1.29 is 4.42 Å². The standard InChI is InChI=1S/C13H18N2OS/c1-3-4-7-15(2)9-11-10-16-13(14-11)12-6-5-8-17-12/h5-6,8,10H,3-4,7,9H2,1-2H3. The zero-order valence-electron chi connectivity index (χ0n) is 10.3. The summed E-state index contributed by atoms with van der Waals surface area (Å²) in [5.74, 6) is 0.735. The van der Waals surface area contributed by atoms with Gasteiger partial charge in [0.05, 0.1) is 10.6 Å². The summed E-state index contributed by atoms with van der Waals surface area (Å²) in [5, 5.41) is 2.03. The van der Waals surface area contributed by atoms with Crippen LogP contribution in [0.4, 0.5) is 0 Å². The third kappa shape index (κ3) is 3.41. The zero-order valence-corrected chi connectivity index (χ0v) is 11.2. The van der Waals surface area contributed by atoms with Crippen molar-refractivity contribution in [1.82, 2.24) is 9.88 Å². The van der Waals surface area contributed by atoms with E-state index in [1.807, 2.05) is 17.5 Å². The quantitative estimate of drug-likeness (QED) is 0.784. The van der Waals surface area contributed by atoms with E-state index in [-0.39, 0.29) is 0 Å². The lowest BCUT2D eigenvalue weighted by molar-refractivity contribution is 0.316. The molecule has 4 heteroatoms. The van der Waals surface area contributed by atoms with E-state index in [9.17, 15) is 0 Å². The number of nitrogens with zero attached hydrogens (tertiary/aromatic N) is 2. The number of oxazole rings is 1. The van der Waals surface area contributed by atoms with Crippen LogP contribution in [0, 0.1) is 0 Å². The lowest BCUT2D eigenvalue weighted by atomic mass is 10.3. The van der Waals surface area contributed by atoms with E-state index in [2.05, 4.69) is 23.9 Å². The summed E-state index contributed by atoms with van der Waals surface area (Å²) in [6.45, 7) is 4.17. The molecule has 0 aromatic carbocycles. The summed E-state index contributed by atoms with van der Waals surface area (Å²) in [4.78, 5) is 7.87. The van der Waals surface area contributed by atoms with E-state index in [0.29, 0.717) is 0 Å². The van der Waals surface area contributed by atoms with Crippen LogP contribution in [-0.2, 0) is 6.54 Å². The molecular weight excluding hydrogens is 232 g/mol. The van der Waals surface area contributed by atoms with Gasteiger partial charge in [-0.1, -0.05) is 19.4 Å². The average molecular weight is 250 g/mol. The Hall–Kier alpha value is -1.13. The van der Waals surface area contributed by atoms with Crippen LogP contribution in [0.1, 0.15) is 25.5 Å². The fourth-order valence-electron chi connectivity index (χ4n) is 1.68. The predicted molar refractivity (Wildman–Crippen MR) is 71.1 cm³/mol. The summed E-state index contributed by atoms with van der Waals surface area (Å²) in [7, 11) is 2.12. The summed E-state index contributed by atoms with van der Waals surface area (Å²) in [6, 6.07) is 4.04. The van der Waals surface area contributed by atoms with E-state index in [1.54, 1.807) is 17.6 Å². The van der Waals surface area contributed by atoms with Crippen molar-refractivity contribution in [2.24, 2.45) is 0 Å². The molecule has 3 nitrogen and oxygen atoms in total. The monoisotopic (exact) mass is 250 g/mol. The van der Waals surface area contributed by atoms with Gasteiger partial charge in [-0.05, 0) is 31.5 Å². The Balaban J connectivity index is 1.94. The smallest absolute Gasteiger partial charge is 0.236 e. The third-order valence-electron chi connectivity index (χ3n) is 2.61. The van der Waals surface area contributed by atoms with Crippen LogP contribution in [0.3, 0.4) is 0 Å². The summed E-state index contributed by atoms with van der Waals surface area (Å²) < 4.78 is 5.49. The average Bonchev–Trinajstić information content (AvgIpc) is 2.95. The van der Waals surface area contributed by atoms with Gasteiger partial charge in [-0.2, -0.15) is 0 Å². The molecule has 0 spiro atoms. The van der Waals surface area contributed by atoms with Crippen LogP contribution in [-0.4, -0.2) is 23.5 Å². The molecule has 0 aliphatic rings. The molecule has 2 rings (SSSR count). The lowest BCUT2D eigenvalue weighted by Crippen LogP contribution is -2.19. The van der Waals surface area contributed by atoms with Crippen LogP contribution >= 0.6 is 11.3 Å². The minimum atomic E-state index is 0.735. The molecule has 2 aromatic rings. The molecule has 92 valence electrons. The van der Waals surface area contributed by atoms with Crippen molar-refractivity contribution in [2.45, 2.75) is 26.3 Å². The Morgan fingerprint density at radius 2 is 2.35 bits per heavy atom. The van der Waals surface area contributed by atoms with Crippen LogP contribution in [0.5, 0.6) is 0 Å². The summed E-state index contributed by atoms with van der Waals surface area (Å²) in [5.41, 5.74) is 1.01. The fraction of sp³-hybridized carbons (Fsp3) is 0.462. The van der Waals surface area contributed by atoms with Crippen molar-refractivity contribution >= 4 is 11.3 Å². The number of thiophene rings is 1. The van der Waals surface area contributed by atoms with Crippen LogP contribution in [0.2, 0.25) is 0 Å². The maximum Gasteiger partial charge on any atom is 0.236 e. The van der Waals surface area contributed by atoms with Crippen LogP contribution in [0.15, 0.2) is 28.2 Å². The Bertz CT molecular complexity index is 436. The molecule has 17 heavy (non-hydrogen) atoms. The van der Waals surface area contributed by atoms with Gasteiger partial charge in [0.2, 0.25) is 5.89 Å². The summed E-state index contributed by atoms with van der Waals surface area (Å²) >= 11 is 1.65. The molecule has 2 aromatic heterocycles. The van der Waals surface area contributed by atoms with Gasteiger partial charge < -0.3 is 9.32 Å². The highest BCUT2D eigenvalue weighted by Gasteiger charge is 2.08. The third-order valence-corrected chi connectivity index (χ3v) is 3.47. The summed E-state index contributed by atoms with van der Waals surface area (Å²) in [6.07, 6.45) is 4.22. The highest BCUT2D eigenvalue weighted by molar-refractivity contribution is 7.13. The fourth-order valence-corrected chi connectivity index (χ4v) is 2.33. The molecule has 0 unspecified atom stereocenters. The van der Waals surface area contributed by atoms with Crippen molar-refractivity contribution in [1.29, 1.82) is 0 Å². The Morgan fingerprint density at radius 3 is 3.06 bits per heavy atom. The first-order chi connectivity index (χ1) is 8.29. The molecule has 0 saturated carbocycles. The van der Waals surface area contributed by atoms with Crippen molar-refractivity contribution in [2.75, 3.05) is 13.6 Å². The predicted octanol–water partition coefficient (Wildman–Crippen LogP) is 3.64. The molecule has 0 amide bonds. The second-order valence-corrected chi connectivity index (χ2v) is 5.16. The van der Waals surface area contributed by atoms with Crippen molar-refractivity contribution in [3.8, 4) is 10.8 Å². The van der Waals surface area contributed by atoms with Gasteiger partial charge >= 0.3 is 0 Å². The lowest BCUT2D eigenvalue weighted by Gasteiger charge is -2.13. The number of rotatable bonds is 6. The van der Waals surface area contributed by atoms with Crippen LogP contribution < -0.4 is 0 Å². The Labute approximate surface area is 106 Å². The van der Waals surface area contributed by atoms with Gasteiger partial charge in [0.15, 0.2) is 0 Å². The number of hydrogen-bond acceptors (Lipinski definition) is 4. The highest BCUT2D eigenvalue weighted by atomic mass is 32.1. The largest absolute Gasteiger partial charge is 0.444 e. The van der Waals surface area contributed by atoms with E-state index < -0.39 is 0 Å². The van der Waals surface area contributed by atoms with Crippen molar-refractivity contribution in [3.05, 3.63) is 29.5 Å². The maximum absolute atomic E-state index is 5.49. The molecule has 0 bridgehead atoms. The normalized spacial score (nSPS) is 11.2. The van der Waals surface area contributed by atoms with E-state index in [4.69, 9.17) is 4.42 Å². The van der Waals surface area contributed by atoms with Gasteiger partial charge in [0, 0.05) is 6.54 Å². The molecule has 0 N–H and O–H groups in total. The van der Waals surface area contributed by atoms with Crippen molar-refractivity contribution in [3.63, 3.8) is 0 Å². The molecule has 2 heterocycles. The molecule has 0 aliphatic heterocycles. The molecule has 0 aliphatic carbocycles. The topological polar surface area (TPSA) is 29.3 Å². The van der Waals surface area contributed by atoms with E-state index in [1.165, 1.54) is 12.8 Å². The van der Waals surface area contributed by atoms with E-state index in [0.717, 1.165) is 29.6 Å². The molecular formula is C13H18N2OS. The second kappa shape index (κ2) is 5.98. The van der Waals surface area contributed by atoms with E-state index >= 15 is 0 Å². The first kappa shape index (κ1) is 12.3. The molecule has 0 saturated heterocycles. The van der Waals surface area contributed by atoms with Gasteiger partial charge in [-0.15, -0.1) is 11.3 Å². The highest BCUT2D eigenvalue weighted by Crippen LogP contribution is 2.23. The second-order valence-electron chi connectivity index (χ2n) is 4.21.